The molecule has 0 aliphatic heterocycles. The van der Waals surface area contributed by atoms with Gasteiger partial charge in [-0.2, -0.15) is 0 Å². The van der Waals surface area contributed by atoms with Crippen LogP contribution in [0.5, 0.6) is 0 Å². The van der Waals surface area contributed by atoms with Gasteiger partial charge in [-0.15, -0.1) is 0 Å². The van der Waals surface area contributed by atoms with Crippen LogP contribution < -0.4 is 0 Å². The summed E-state index contributed by atoms with van der Waals surface area (Å²) in [5.41, 5.74) is 0. The molecule has 0 aromatic heterocycles. The molecule has 0 bridgehead atoms. The molecule has 19 valence electrons. The molecule has 0 unspecified atom stereocenters. The summed E-state index contributed by atoms with van der Waals surface area (Å²) < 4.78 is 0. The molecular weight excluding hydrogens is 259 g/mol. The molecule has 0 fully saturated rings. The first-order valence-corrected chi connectivity index (χ1v) is 13.6. The van der Waals surface area contributed by atoms with Crippen LogP contribution in [0.1, 0.15) is 0 Å². The average Bonchev–Trinajstić information content (AvgIpc) is 1.37. The molecule has 0 N–H and O–H groups in total. The van der Waals surface area contributed by atoms with Crippen LogP contribution in [-0.4, -0.2) is 6.72 Å². The van der Waals surface area contributed by atoms with Crippen LogP contribution >= 0.6 is 22.5 Å². The predicted molar refractivity (Wildman–Crippen MR) is 27.4 cm³/mol. The minimum atomic E-state index is -0.241. The topological polar surface area (TPSA) is 0 Å². The number of hydrogen-bond donors (Lipinski definition) is 0. The van der Waals surface area contributed by atoms with Crippen molar-refractivity contribution >= 4 is 29.2 Å². The van der Waals surface area contributed by atoms with Crippen molar-refractivity contribution in [3.8, 4) is 0 Å². The van der Waals surface area contributed by atoms with E-state index in [0.29, 0.717) is 0 Å². The molecule has 1 radical (unpaired) electrons. The second-order valence-corrected chi connectivity index (χ2v) is 13.0. The molecule has 0 saturated carbocycles. The molecule has 0 atom stereocenters. The van der Waals surface area contributed by atoms with Crippen LogP contribution in [0.2, 0.25) is 0 Å². The van der Waals surface area contributed by atoms with Gasteiger partial charge in [-0.25, -0.2) is 0 Å². The number of hydrogen-bond acceptors (Lipinski definition) is 0. The van der Waals surface area contributed by atoms with E-state index in [9.17, 15) is 0 Å². The summed E-state index contributed by atoms with van der Waals surface area (Å²) in [6.07, 6.45) is 1.53. The molecule has 0 amide bonds. The zero-order valence-corrected chi connectivity index (χ0v) is 7.75. The van der Waals surface area contributed by atoms with Crippen molar-refractivity contribution in [3.05, 3.63) is 0 Å². The Morgan fingerprint density at radius 2 is 2.25 bits per heavy atom. The third kappa shape index (κ3) is 4.12. The zero-order valence-electron chi connectivity index (χ0n) is 1.94. The van der Waals surface area contributed by atoms with Gasteiger partial charge in [-0.1, -0.05) is 0 Å². The summed E-state index contributed by atoms with van der Waals surface area (Å²) in [7, 11) is 0. The fourth-order valence-corrected chi connectivity index (χ4v) is 0. The molecule has 4 heteroatoms. The maximum atomic E-state index is 5.02. The fourth-order valence-electron chi connectivity index (χ4n) is 0. The van der Waals surface area contributed by atoms with Gasteiger partial charge in [0.1, 0.15) is 0 Å². The molecular formula is BISY. The van der Waals surface area contributed by atoms with Gasteiger partial charge < -0.3 is 0 Å². The molecule has 0 rings (SSSR count). The molecule has 0 aromatic carbocycles. The Labute approximate surface area is 50.2 Å². The van der Waals surface area contributed by atoms with E-state index in [1.165, 1.54) is 6.16 Å². The van der Waals surface area contributed by atoms with Crippen molar-refractivity contribution in [2.45, 2.75) is 0 Å². The summed E-state index contributed by atoms with van der Waals surface area (Å²) in [6, 6.07) is 0. The molecule has 0 aliphatic rings. The van der Waals surface area contributed by atoms with Crippen LogP contribution in [0.3, 0.4) is 0 Å². The summed E-state index contributed by atoms with van der Waals surface area (Å²) in [5, 5.41) is 0. The molecule has 4 heavy (non-hydrogen) atoms. The van der Waals surface area contributed by atoms with E-state index in [0.717, 1.165) is 0 Å². The Morgan fingerprint density at radius 1 is 2.00 bits per heavy atom. The van der Waals surface area contributed by atoms with E-state index in [4.69, 9.17) is 6.72 Å². The molecule has 0 saturated heterocycles. The Kier molecular flexibility index (Phi) is 7.83. The van der Waals surface area contributed by atoms with E-state index in [2.05, 4.69) is 16.3 Å². The van der Waals surface area contributed by atoms with E-state index >= 15 is 0 Å². The predicted octanol–water partition coefficient (Wildman–Crippen LogP) is 1.15. The third-order valence-corrected chi connectivity index (χ3v) is 6.12. The van der Waals surface area contributed by atoms with Crippen molar-refractivity contribution < 1.29 is 22.1 Å². The molecule has 0 nitrogen and oxygen atoms in total. The Hall–Kier alpha value is 2.12. The Bertz CT molecular complexity index is 46.0. The van der Waals surface area contributed by atoms with Gasteiger partial charge >= 0.3 is 51.4 Å². The van der Waals surface area contributed by atoms with E-state index in [1.807, 2.05) is 0 Å². The standard InChI is InChI=1S/BS.HI.Y/c1-2;;/h;1H;/q;;+1/p-1. The van der Waals surface area contributed by atoms with Crippen LogP contribution in [0.4, 0.5) is 0 Å². The second kappa shape index (κ2) is 5.12. The summed E-state index contributed by atoms with van der Waals surface area (Å²) in [6.45, 7) is 5.02. The van der Waals surface area contributed by atoms with E-state index in [-0.39, 0.29) is 22.1 Å². The van der Waals surface area contributed by atoms with Gasteiger partial charge in [-0.05, 0) is 0 Å². The summed E-state index contributed by atoms with van der Waals surface area (Å²) in [4.78, 5) is 0. The first kappa shape index (κ1) is 6.12. The van der Waals surface area contributed by atoms with Crippen LogP contribution in [0.15, 0.2) is 0 Å². The minimum absolute atomic E-state index is 0.241. The maximum absolute atomic E-state index is 5.02. The van der Waals surface area contributed by atoms with Gasteiger partial charge in [0.2, 0.25) is 0 Å². The molecule has 0 aliphatic carbocycles. The van der Waals surface area contributed by atoms with Gasteiger partial charge in [0.05, 0.1) is 0 Å². The van der Waals surface area contributed by atoms with E-state index in [1.54, 1.807) is 0 Å². The molecule has 0 spiro atoms. The molecule has 0 aromatic rings. The summed E-state index contributed by atoms with van der Waals surface area (Å²) in [5.74, 6) is 0. The second-order valence-electron chi connectivity index (χ2n) is 0.225. The quantitative estimate of drug-likeness (QED) is 0.452. The van der Waals surface area contributed by atoms with Gasteiger partial charge in [0.25, 0.3) is 0 Å². The van der Waals surface area contributed by atoms with Crippen molar-refractivity contribution in [3.63, 3.8) is 0 Å². The Balaban J connectivity index is 3.11. The van der Waals surface area contributed by atoms with Gasteiger partial charge in [0.15, 0.2) is 0 Å². The molecule has 0 heterocycles. The van der Waals surface area contributed by atoms with Crippen molar-refractivity contribution in [2.24, 2.45) is 0 Å². The van der Waals surface area contributed by atoms with Gasteiger partial charge in [0, 0.05) is 0 Å². The first-order chi connectivity index (χ1) is 1.91. The van der Waals surface area contributed by atoms with Crippen LogP contribution in [-0.2, 0) is 22.1 Å². The van der Waals surface area contributed by atoms with Crippen LogP contribution in [0, 0.1) is 0 Å². The van der Waals surface area contributed by atoms with E-state index < -0.39 is 0 Å². The third-order valence-electron chi connectivity index (χ3n) is 0.0514. The average molecular weight is 259 g/mol. The van der Waals surface area contributed by atoms with Crippen molar-refractivity contribution in [1.82, 2.24) is 0 Å². The van der Waals surface area contributed by atoms with Crippen molar-refractivity contribution in [1.29, 1.82) is 0 Å². The van der Waals surface area contributed by atoms with Crippen molar-refractivity contribution in [2.75, 3.05) is 0 Å². The SMILES string of the molecule is [B]=[S]=[Y][I]. The number of halogens is 1. The Morgan fingerprint density at radius 3 is 2.25 bits per heavy atom. The monoisotopic (exact) mass is 259 g/mol. The normalized spacial score (nSPS) is 4.00. The zero-order chi connectivity index (χ0) is 3.41. The number of rotatable bonds is 0. The fraction of sp³-hybridized carbons (Fsp3) is 0. The first-order valence-electron chi connectivity index (χ1n) is 0.690. The van der Waals surface area contributed by atoms with Crippen LogP contribution in [0.25, 0.3) is 0 Å². The van der Waals surface area contributed by atoms with Gasteiger partial charge in [-0.3, -0.25) is 0 Å². The summed E-state index contributed by atoms with van der Waals surface area (Å²) >= 11 is 2.14.